The highest BCUT2D eigenvalue weighted by molar-refractivity contribution is 7.96. The van der Waals surface area contributed by atoms with E-state index in [1.165, 1.54) is 29.7 Å². The van der Waals surface area contributed by atoms with Crippen LogP contribution in [0.1, 0.15) is 32.6 Å². The maximum Gasteiger partial charge on any atom is 0.134 e. The van der Waals surface area contributed by atoms with Crippen molar-refractivity contribution in [3.05, 3.63) is 10.9 Å². The van der Waals surface area contributed by atoms with Crippen LogP contribution in [0.25, 0.3) is 0 Å². The molecule has 1 aliphatic heterocycles. The molecular weight excluding hydrogens is 162 g/mol. The normalized spacial score (nSPS) is 17.2. The van der Waals surface area contributed by atoms with Gasteiger partial charge in [0.25, 0.3) is 0 Å². The van der Waals surface area contributed by atoms with Crippen LogP contribution in [0.5, 0.6) is 0 Å². The zero-order valence-electron chi connectivity index (χ0n) is 6.63. The summed E-state index contributed by atoms with van der Waals surface area (Å²) in [6.07, 6.45) is 4.36. The molecule has 0 fully saturated rings. The van der Waals surface area contributed by atoms with Crippen molar-refractivity contribution >= 4 is 11.9 Å². The Labute approximate surface area is 70.9 Å². The van der Waals surface area contributed by atoms with Crippen molar-refractivity contribution in [3.63, 3.8) is 0 Å². The number of rotatable bonds is 4. The number of nitrogens with two attached hydrogens (primary N) is 1. The fraction of sp³-hybridized carbons (Fsp3) is 0.714. The zero-order chi connectivity index (χ0) is 8.10. The Morgan fingerprint density at radius 3 is 2.91 bits per heavy atom. The molecular formula is C7H13NO2S. The third kappa shape index (κ3) is 2.63. The van der Waals surface area contributed by atoms with Gasteiger partial charge >= 0.3 is 0 Å². The molecule has 1 rings (SSSR count). The molecule has 4 heteroatoms. The first kappa shape index (κ1) is 8.74. The van der Waals surface area contributed by atoms with Crippen LogP contribution >= 0.6 is 11.9 Å². The second kappa shape index (κ2) is 4.51. The molecule has 11 heavy (non-hydrogen) atoms. The molecule has 0 aliphatic carbocycles. The lowest BCUT2D eigenvalue weighted by Crippen LogP contribution is -2.71. The van der Waals surface area contributed by atoms with Crippen LogP contribution in [0, 0.1) is 0 Å². The molecule has 0 aromatic heterocycles. The molecule has 0 spiro atoms. The van der Waals surface area contributed by atoms with Gasteiger partial charge in [0.05, 0.1) is 4.91 Å². The van der Waals surface area contributed by atoms with Crippen molar-refractivity contribution < 1.29 is 14.8 Å². The summed E-state index contributed by atoms with van der Waals surface area (Å²) in [6.45, 7) is 2.15. The third-order valence-electron chi connectivity index (χ3n) is 1.58. The van der Waals surface area contributed by atoms with Gasteiger partial charge in [-0.25, -0.2) is 0 Å². The molecule has 0 radical (unpaired) electrons. The van der Waals surface area contributed by atoms with Gasteiger partial charge in [0.2, 0.25) is 0 Å². The quantitative estimate of drug-likeness (QED) is 0.492. The predicted molar refractivity (Wildman–Crippen MR) is 41.8 cm³/mol. The van der Waals surface area contributed by atoms with E-state index in [2.05, 4.69) is 11.8 Å². The van der Waals surface area contributed by atoms with Crippen LogP contribution in [0.4, 0.5) is 0 Å². The number of unbranched alkanes of at least 4 members (excludes halogenated alkanes) is 2. The molecule has 2 N–H and O–H groups in total. The monoisotopic (exact) mass is 175 g/mol. The summed E-state index contributed by atoms with van der Waals surface area (Å²) < 4.78 is 0. The summed E-state index contributed by atoms with van der Waals surface area (Å²) in [5.41, 5.74) is 0. The zero-order valence-corrected chi connectivity index (χ0v) is 7.45. The summed E-state index contributed by atoms with van der Waals surface area (Å²) in [5, 5.41) is 10.9. The molecule has 0 saturated carbocycles. The van der Waals surface area contributed by atoms with Crippen LogP contribution in [-0.4, -0.2) is 0 Å². The Morgan fingerprint density at radius 2 is 2.36 bits per heavy atom. The Kier molecular flexibility index (Phi) is 3.59. The Hall–Kier alpha value is -0.350. The average molecular weight is 175 g/mol. The molecule has 0 amide bonds. The van der Waals surface area contributed by atoms with Crippen molar-refractivity contribution in [2.24, 2.45) is 0 Å². The largest absolute Gasteiger partial charge is 0.541 e. The first-order valence-corrected chi connectivity index (χ1v) is 4.77. The van der Waals surface area contributed by atoms with E-state index >= 15 is 0 Å². The summed E-state index contributed by atoms with van der Waals surface area (Å²) in [4.78, 5) is 7.02. The third-order valence-corrected chi connectivity index (χ3v) is 2.43. The molecule has 0 aromatic carbocycles. The molecule has 0 atom stereocenters. The lowest BCUT2D eigenvalue weighted by Gasteiger charge is -2.00. The van der Waals surface area contributed by atoms with Crippen molar-refractivity contribution in [1.82, 2.24) is 0 Å². The maximum absolute atomic E-state index is 10.9. The molecule has 64 valence electrons. The van der Waals surface area contributed by atoms with Crippen molar-refractivity contribution in [1.29, 1.82) is 0 Å². The van der Waals surface area contributed by atoms with Gasteiger partial charge in [0.1, 0.15) is 17.9 Å². The van der Waals surface area contributed by atoms with E-state index in [1.54, 1.807) is 0 Å². The fourth-order valence-corrected chi connectivity index (χ4v) is 1.59. The second-order valence-electron chi connectivity index (χ2n) is 2.50. The van der Waals surface area contributed by atoms with Gasteiger partial charge in [-0.05, 0) is 12.8 Å². The number of quaternary nitrogens is 1. The standard InChI is InChI=1S/C7H13NO2S/c1-2-3-4-5-6-7(9)10-8-11-6/h8-9H,2-5H2,1H3. The van der Waals surface area contributed by atoms with E-state index in [0.717, 1.165) is 17.7 Å². The lowest BCUT2D eigenvalue weighted by atomic mass is 10.2. The second-order valence-corrected chi connectivity index (χ2v) is 3.42. The Balaban J connectivity index is 2.20. The molecule has 1 aliphatic rings. The minimum absolute atomic E-state index is 0.147. The van der Waals surface area contributed by atoms with E-state index in [0.29, 0.717) is 0 Å². The maximum atomic E-state index is 10.9. The van der Waals surface area contributed by atoms with Crippen LogP contribution < -0.4 is 9.99 Å². The van der Waals surface area contributed by atoms with Crippen LogP contribution in [0.15, 0.2) is 10.9 Å². The van der Waals surface area contributed by atoms with Crippen LogP contribution in [-0.2, 0) is 4.84 Å². The molecule has 0 aromatic rings. The first-order chi connectivity index (χ1) is 5.34. The van der Waals surface area contributed by atoms with Gasteiger partial charge in [-0.3, -0.25) is 0 Å². The average Bonchev–Trinajstić information content (AvgIpc) is 2.37. The predicted octanol–water partition coefficient (Wildman–Crippen LogP) is 0.253. The van der Waals surface area contributed by atoms with Crippen molar-refractivity contribution in [2.75, 3.05) is 0 Å². The fourth-order valence-electron chi connectivity index (χ4n) is 0.936. The van der Waals surface area contributed by atoms with Gasteiger partial charge in [0, 0.05) is 0 Å². The molecule has 1 heterocycles. The highest BCUT2D eigenvalue weighted by Crippen LogP contribution is 2.21. The topological polar surface area (TPSA) is 48.9 Å². The van der Waals surface area contributed by atoms with Gasteiger partial charge in [-0.15, -0.1) is 0 Å². The molecule has 0 unspecified atom stereocenters. The van der Waals surface area contributed by atoms with E-state index in [1.807, 2.05) is 0 Å². The minimum atomic E-state index is -0.147. The molecule has 0 bridgehead atoms. The number of allylic oxidation sites excluding steroid dienone is 1. The smallest absolute Gasteiger partial charge is 0.134 e. The summed E-state index contributed by atoms with van der Waals surface area (Å²) in [7, 11) is 0. The number of hydrogen-bond acceptors (Lipinski definition) is 3. The van der Waals surface area contributed by atoms with Crippen LogP contribution in [0.3, 0.4) is 0 Å². The highest BCUT2D eigenvalue weighted by atomic mass is 32.2. The molecule has 0 saturated heterocycles. The van der Waals surface area contributed by atoms with Gasteiger partial charge in [-0.1, -0.05) is 19.8 Å². The number of hydrogen-bond donors (Lipinski definition) is 1. The molecule has 3 nitrogen and oxygen atoms in total. The van der Waals surface area contributed by atoms with E-state index in [4.69, 9.17) is 0 Å². The van der Waals surface area contributed by atoms with E-state index in [-0.39, 0.29) is 5.95 Å². The minimum Gasteiger partial charge on any atom is -0.541 e. The summed E-state index contributed by atoms with van der Waals surface area (Å²) in [5.74, 6) is -0.147. The van der Waals surface area contributed by atoms with Gasteiger partial charge in [0.15, 0.2) is 0 Å². The van der Waals surface area contributed by atoms with E-state index in [9.17, 15) is 5.11 Å². The first-order valence-electron chi connectivity index (χ1n) is 3.89. The summed E-state index contributed by atoms with van der Waals surface area (Å²) >= 11 is 1.42. The summed E-state index contributed by atoms with van der Waals surface area (Å²) in [6, 6.07) is 0. The van der Waals surface area contributed by atoms with E-state index < -0.39 is 0 Å². The van der Waals surface area contributed by atoms with Crippen molar-refractivity contribution in [2.45, 2.75) is 32.6 Å². The van der Waals surface area contributed by atoms with Crippen LogP contribution in [0.2, 0.25) is 0 Å². The lowest BCUT2D eigenvalue weighted by molar-refractivity contribution is -0.775. The van der Waals surface area contributed by atoms with Gasteiger partial charge in [-0.2, -0.15) is 4.89 Å². The van der Waals surface area contributed by atoms with Gasteiger partial charge < -0.3 is 9.94 Å². The Bertz CT molecular complexity index is 159. The SMILES string of the molecule is CCCCCC1=C([O-])O[NH2+]S1. The Morgan fingerprint density at radius 1 is 1.55 bits per heavy atom. The highest BCUT2D eigenvalue weighted by Gasteiger charge is 2.11. The van der Waals surface area contributed by atoms with Crippen molar-refractivity contribution in [3.8, 4) is 0 Å².